The standard InChI is InChI=1S/C26H30F6N4O5S/c1-42(39,40)36-23(38)21-19(20(33)10-12-34-15-16-4-2-5-16)14-24(26(30,31)32,35-22(21)37)17-6-8-18(9-7-17)41-13-3-11-25(27,28)29/h6-10,12,16,33-34H,2-5,11,13-15H2,1H3,(H,35,37)(H,36,38)/b12-10-,33-20?/t24-/m0/s1. The van der Waals surface area contributed by atoms with Gasteiger partial charge in [0.25, 0.3) is 11.8 Å². The lowest BCUT2D eigenvalue weighted by Crippen LogP contribution is -2.60. The number of carbonyl (C=O) groups excluding carboxylic acids is 2. The molecule has 0 spiro atoms. The van der Waals surface area contributed by atoms with E-state index in [4.69, 9.17) is 10.1 Å². The molecule has 1 saturated carbocycles. The molecule has 1 aromatic carbocycles. The largest absolute Gasteiger partial charge is 0.494 e. The Morgan fingerprint density at radius 3 is 2.33 bits per heavy atom. The van der Waals surface area contributed by atoms with Gasteiger partial charge in [0.1, 0.15) is 11.3 Å². The molecule has 0 saturated heterocycles. The first-order valence-corrected chi connectivity index (χ1v) is 14.7. The summed E-state index contributed by atoms with van der Waals surface area (Å²) in [6, 6.07) is 4.11. The summed E-state index contributed by atoms with van der Waals surface area (Å²) in [4.78, 5) is 25.8. The smallest absolute Gasteiger partial charge is 0.416 e. The number of amides is 2. The van der Waals surface area contributed by atoms with Crippen molar-refractivity contribution in [2.24, 2.45) is 5.92 Å². The highest BCUT2D eigenvalue weighted by Gasteiger charge is 2.60. The first-order valence-electron chi connectivity index (χ1n) is 12.9. The number of halogens is 6. The number of carbonyl (C=O) groups is 2. The average molecular weight is 625 g/mol. The van der Waals surface area contributed by atoms with Gasteiger partial charge < -0.3 is 20.8 Å². The number of allylic oxidation sites excluding steroid dienone is 1. The molecule has 2 aliphatic rings. The average Bonchev–Trinajstić information content (AvgIpc) is 2.82. The molecule has 4 N–H and O–H groups in total. The molecule has 232 valence electrons. The maximum absolute atomic E-state index is 14.7. The van der Waals surface area contributed by atoms with Crippen LogP contribution in [0.15, 0.2) is 47.7 Å². The molecule has 2 amide bonds. The van der Waals surface area contributed by atoms with E-state index in [1.807, 2.05) is 0 Å². The fraction of sp³-hybridized carbons (Fsp3) is 0.500. The lowest BCUT2D eigenvalue weighted by molar-refractivity contribution is -0.203. The summed E-state index contributed by atoms with van der Waals surface area (Å²) in [5.74, 6) is -2.65. The van der Waals surface area contributed by atoms with Crippen LogP contribution in [0.3, 0.4) is 0 Å². The van der Waals surface area contributed by atoms with Gasteiger partial charge in [0.2, 0.25) is 10.0 Å². The number of hydrogen-bond donors (Lipinski definition) is 4. The van der Waals surface area contributed by atoms with Gasteiger partial charge >= 0.3 is 12.4 Å². The van der Waals surface area contributed by atoms with E-state index in [0.717, 1.165) is 49.6 Å². The van der Waals surface area contributed by atoms with Crippen LogP contribution in [0.25, 0.3) is 0 Å². The molecular weight excluding hydrogens is 594 g/mol. The molecule has 1 heterocycles. The van der Waals surface area contributed by atoms with Crippen molar-refractivity contribution < 1.29 is 49.1 Å². The molecule has 16 heteroatoms. The second kappa shape index (κ2) is 12.8. The number of ether oxygens (including phenoxy) is 1. The number of hydrogen-bond acceptors (Lipinski definition) is 7. The SMILES string of the molecule is CS(=O)(=O)NC(=O)C1=C(C(=N)/C=C\NCC2CCC2)C[C@](c2ccc(OCCCC(F)(F)F)cc2)(C(F)(F)F)NC1=O. The Kier molecular flexibility index (Phi) is 10.0. The van der Waals surface area contributed by atoms with Crippen molar-refractivity contribution in [1.82, 2.24) is 15.4 Å². The van der Waals surface area contributed by atoms with Crippen LogP contribution in [0.4, 0.5) is 26.3 Å². The Morgan fingerprint density at radius 1 is 1.17 bits per heavy atom. The fourth-order valence-corrected chi connectivity index (χ4v) is 4.90. The maximum Gasteiger partial charge on any atom is 0.416 e. The van der Waals surface area contributed by atoms with Crippen LogP contribution < -0.4 is 20.1 Å². The normalized spacial score (nSPS) is 20.2. The molecule has 1 fully saturated rings. The van der Waals surface area contributed by atoms with Crippen LogP contribution in [0.1, 0.15) is 44.1 Å². The third-order valence-electron chi connectivity index (χ3n) is 6.83. The van der Waals surface area contributed by atoms with Crippen molar-refractivity contribution in [3.63, 3.8) is 0 Å². The van der Waals surface area contributed by atoms with Crippen molar-refractivity contribution in [1.29, 1.82) is 5.41 Å². The van der Waals surface area contributed by atoms with Gasteiger partial charge in [-0.05, 0) is 60.7 Å². The van der Waals surface area contributed by atoms with Gasteiger partial charge in [-0.3, -0.25) is 9.59 Å². The highest BCUT2D eigenvalue weighted by molar-refractivity contribution is 7.89. The van der Waals surface area contributed by atoms with Crippen molar-refractivity contribution in [2.45, 2.75) is 56.4 Å². The Bertz CT molecular complexity index is 1350. The zero-order valence-corrected chi connectivity index (χ0v) is 23.2. The molecular formula is C26H30F6N4O5S. The number of rotatable bonds is 12. The van der Waals surface area contributed by atoms with E-state index in [2.05, 4.69) is 5.32 Å². The maximum atomic E-state index is 14.7. The molecule has 1 aliphatic heterocycles. The Balaban J connectivity index is 1.94. The van der Waals surface area contributed by atoms with Crippen molar-refractivity contribution >= 4 is 27.5 Å². The summed E-state index contributed by atoms with van der Waals surface area (Å²) in [6.07, 6.45) is -6.06. The number of nitrogens with one attached hydrogen (secondary N) is 4. The summed E-state index contributed by atoms with van der Waals surface area (Å²) in [7, 11) is -4.22. The zero-order chi connectivity index (χ0) is 31.3. The van der Waals surface area contributed by atoms with E-state index in [1.165, 1.54) is 6.20 Å². The van der Waals surface area contributed by atoms with Gasteiger partial charge in [-0.15, -0.1) is 0 Å². The van der Waals surface area contributed by atoms with E-state index >= 15 is 0 Å². The van der Waals surface area contributed by atoms with Gasteiger partial charge in [-0.2, -0.15) is 26.3 Å². The number of sulfonamides is 1. The molecule has 0 unspecified atom stereocenters. The van der Waals surface area contributed by atoms with Crippen LogP contribution in [-0.4, -0.2) is 57.7 Å². The van der Waals surface area contributed by atoms with Gasteiger partial charge in [0.05, 0.1) is 18.6 Å². The lowest BCUT2D eigenvalue weighted by atomic mass is 9.77. The molecule has 3 rings (SSSR count). The zero-order valence-electron chi connectivity index (χ0n) is 22.4. The van der Waals surface area contributed by atoms with Crippen LogP contribution in [0, 0.1) is 11.3 Å². The number of alkyl halides is 6. The van der Waals surface area contributed by atoms with E-state index in [0.29, 0.717) is 18.7 Å². The Morgan fingerprint density at radius 2 is 1.81 bits per heavy atom. The van der Waals surface area contributed by atoms with Crippen LogP contribution >= 0.6 is 0 Å². The Hall–Kier alpha value is -3.56. The molecule has 9 nitrogen and oxygen atoms in total. The Labute approximate surface area is 238 Å². The van der Waals surface area contributed by atoms with Gasteiger partial charge in [0.15, 0.2) is 5.54 Å². The molecule has 0 bridgehead atoms. The second-order valence-corrected chi connectivity index (χ2v) is 11.9. The summed E-state index contributed by atoms with van der Waals surface area (Å²) in [6.45, 7) is 0.214. The van der Waals surface area contributed by atoms with Crippen LogP contribution in [0.5, 0.6) is 5.75 Å². The summed E-state index contributed by atoms with van der Waals surface area (Å²) >= 11 is 0. The van der Waals surface area contributed by atoms with Gasteiger partial charge in [0, 0.05) is 19.4 Å². The van der Waals surface area contributed by atoms with Gasteiger partial charge in [-0.1, -0.05) is 18.6 Å². The lowest BCUT2D eigenvalue weighted by Gasteiger charge is -2.41. The molecule has 0 aromatic heterocycles. The summed E-state index contributed by atoms with van der Waals surface area (Å²) in [5, 5.41) is 13.2. The molecule has 1 aromatic rings. The minimum Gasteiger partial charge on any atom is -0.494 e. The summed E-state index contributed by atoms with van der Waals surface area (Å²) < 4.78 is 111. The highest BCUT2D eigenvalue weighted by atomic mass is 32.2. The third-order valence-corrected chi connectivity index (χ3v) is 7.39. The van der Waals surface area contributed by atoms with Crippen molar-refractivity contribution in [3.8, 4) is 5.75 Å². The molecule has 1 atom stereocenters. The first-order chi connectivity index (χ1) is 19.4. The predicted octanol–water partition coefficient (Wildman–Crippen LogP) is 3.98. The minimum atomic E-state index is -5.17. The quantitative estimate of drug-likeness (QED) is 0.120. The predicted molar refractivity (Wildman–Crippen MR) is 140 cm³/mol. The monoisotopic (exact) mass is 624 g/mol. The minimum absolute atomic E-state index is 0.0161. The topological polar surface area (TPSA) is 137 Å². The fourth-order valence-electron chi connectivity index (χ4n) is 4.46. The highest BCUT2D eigenvalue weighted by Crippen LogP contribution is 2.46. The third kappa shape index (κ3) is 8.49. The van der Waals surface area contributed by atoms with E-state index < -0.39 is 75.0 Å². The second-order valence-electron chi connectivity index (χ2n) is 10.1. The van der Waals surface area contributed by atoms with Crippen molar-refractivity contribution in [2.75, 3.05) is 19.4 Å². The first kappa shape index (κ1) is 32.9. The van der Waals surface area contributed by atoms with E-state index in [1.54, 1.807) is 10.0 Å². The molecule has 0 radical (unpaired) electrons. The molecule has 42 heavy (non-hydrogen) atoms. The molecule has 1 aliphatic carbocycles. The summed E-state index contributed by atoms with van der Waals surface area (Å²) in [5.41, 5.74) is -5.87. The van der Waals surface area contributed by atoms with E-state index in [-0.39, 0.29) is 18.8 Å². The van der Waals surface area contributed by atoms with E-state index in [9.17, 15) is 44.3 Å². The number of benzene rings is 1. The van der Waals surface area contributed by atoms with Crippen LogP contribution in [-0.2, 0) is 25.2 Å². The van der Waals surface area contributed by atoms with Crippen molar-refractivity contribution in [3.05, 3.63) is 53.3 Å². The van der Waals surface area contributed by atoms with Crippen LogP contribution in [0.2, 0.25) is 0 Å². The van der Waals surface area contributed by atoms with Gasteiger partial charge in [-0.25, -0.2) is 13.1 Å².